The predicted octanol–water partition coefficient (Wildman–Crippen LogP) is 2.67. The Morgan fingerprint density at radius 1 is 1.36 bits per heavy atom. The number of carboxylic acids is 1. The lowest BCUT2D eigenvalue weighted by Gasteiger charge is -2.25. The van der Waals surface area contributed by atoms with Gasteiger partial charge in [-0.3, -0.25) is 9.78 Å². The van der Waals surface area contributed by atoms with E-state index in [-0.39, 0.29) is 12.0 Å². The summed E-state index contributed by atoms with van der Waals surface area (Å²) in [7, 11) is 0. The molecule has 2 N–H and O–H groups in total. The number of amides is 1. The summed E-state index contributed by atoms with van der Waals surface area (Å²) in [5, 5.41) is 12.1. The van der Waals surface area contributed by atoms with Gasteiger partial charge in [0.05, 0.1) is 11.1 Å². The molecule has 0 bridgehead atoms. The molecule has 0 aliphatic heterocycles. The number of nitrogens with one attached hydrogen (secondary N) is 1. The summed E-state index contributed by atoms with van der Waals surface area (Å²) in [6, 6.07) is 5.50. The molecule has 1 aromatic heterocycles. The van der Waals surface area contributed by atoms with Gasteiger partial charge in [0.1, 0.15) is 11.4 Å². The summed E-state index contributed by atoms with van der Waals surface area (Å²) in [5.41, 5.74) is -0.0887. The first kappa shape index (κ1) is 15.9. The minimum atomic E-state index is -1.38. The Hall–Kier alpha value is -2.50. The zero-order chi connectivity index (χ0) is 16.5. The van der Waals surface area contributed by atoms with Crippen molar-refractivity contribution in [3.63, 3.8) is 0 Å². The van der Waals surface area contributed by atoms with Crippen LogP contribution in [-0.2, 0) is 4.79 Å². The highest BCUT2D eigenvalue weighted by Crippen LogP contribution is 2.21. The van der Waals surface area contributed by atoms with Crippen molar-refractivity contribution in [2.24, 2.45) is 0 Å². The van der Waals surface area contributed by atoms with E-state index in [4.69, 9.17) is 0 Å². The maximum atomic E-state index is 13.5. The van der Waals surface area contributed by atoms with Crippen LogP contribution in [0, 0.1) is 12.7 Å². The Kier molecular flexibility index (Phi) is 4.12. The lowest BCUT2D eigenvalue weighted by atomic mass is 9.97. The van der Waals surface area contributed by atoms with Crippen LogP contribution >= 0.6 is 0 Å². The topological polar surface area (TPSA) is 79.3 Å². The number of aryl methyl sites for hydroxylation is 1. The molecular formula is C16H17FN2O3. The maximum absolute atomic E-state index is 13.5. The van der Waals surface area contributed by atoms with E-state index >= 15 is 0 Å². The summed E-state index contributed by atoms with van der Waals surface area (Å²) in [6.07, 6.45) is 0.227. The van der Waals surface area contributed by atoms with Gasteiger partial charge in [-0.15, -0.1) is 0 Å². The molecule has 0 saturated carbocycles. The molecule has 1 amide bonds. The first-order chi connectivity index (χ1) is 10.3. The minimum Gasteiger partial charge on any atom is -0.480 e. The number of nitrogens with zero attached hydrogens (tertiary/aromatic N) is 1. The number of carboxylic acid groups (broad SMARTS) is 1. The van der Waals surface area contributed by atoms with E-state index < -0.39 is 23.2 Å². The summed E-state index contributed by atoms with van der Waals surface area (Å²) in [4.78, 5) is 28.0. The van der Waals surface area contributed by atoms with Crippen molar-refractivity contribution in [1.82, 2.24) is 10.3 Å². The van der Waals surface area contributed by atoms with E-state index in [1.54, 1.807) is 13.8 Å². The third-order valence-electron chi connectivity index (χ3n) is 3.71. The molecule has 0 aliphatic carbocycles. The van der Waals surface area contributed by atoms with Crippen LogP contribution in [0.3, 0.4) is 0 Å². The van der Waals surface area contributed by atoms with E-state index in [2.05, 4.69) is 10.3 Å². The molecule has 0 spiro atoms. The van der Waals surface area contributed by atoms with E-state index in [9.17, 15) is 19.1 Å². The number of pyridine rings is 1. The summed E-state index contributed by atoms with van der Waals surface area (Å²) in [5.74, 6) is -2.17. The van der Waals surface area contributed by atoms with Crippen molar-refractivity contribution < 1.29 is 19.1 Å². The van der Waals surface area contributed by atoms with Gasteiger partial charge < -0.3 is 10.4 Å². The molecular weight excluding hydrogens is 287 g/mol. The third kappa shape index (κ3) is 2.90. The van der Waals surface area contributed by atoms with Crippen molar-refractivity contribution in [2.45, 2.75) is 32.7 Å². The molecule has 1 aromatic carbocycles. The molecule has 1 heterocycles. The molecule has 5 nitrogen and oxygen atoms in total. The van der Waals surface area contributed by atoms with Crippen LogP contribution in [0.2, 0.25) is 0 Å². The Morgan fingerprint density at radius 2 is 2.05 bits per heavy atom. The average molecular weight is 304 g/mol. The van der Waals surface area contributed by atoms with Gasteiger partial charge in [-0.1, -0.05) is 6.92 Å². The standard InChI is InChI=1S/C16H17FN2O3/c1-4-16(3,15(21)22)19-14(20)12-7-9(2)18-13-6-5-10(17)8-11(12)13/h5-8H,4H2,1-3H3,(H,19,20)(H,21,22). The van der Waals surface area contributed by atoms with Crippen molar-refractivity contribution in [3.8, 4) is 0 Å². The normalized spacial score (nSPS) is 13.6. The Balaban J connectivity index is 2.52. The summed E-state index contributed by atoms with van der Waals surface area (Å²) >= 11 is 0. The van der Waals surface area contributed by atoms with E-state index in [1.807, 2.05) is 0 Å². The predicted molar refractivity (Wildman–Crippen MR) is 80.2 cm³/mol. The SMILES string of the molecule is CCC(C)(NC(=O)c1cc(C)nc2ccc(F)cc12)C(=O)O. The van der Waals surface area contributed by atoms with Crippen LogP contribution in [0.15, 0.2) is 24.3 Å². The molecule has 22 heavy (non-hydrogen) atoms. The lowest BCUT2D eigenvalue weighted by Crippen LogP contribution is -2.51. The molecule has 0 aliphatic rings. The number of halogens is 1. The van der Waals surface area contributed by atoms with Crippen LogP contribution in [0.25, 0.3) is 10.9 Å². The second kappa shape index (κ2) is 5.71. The molecule has 6 heteroatoms. The molecule has 0 fully saturated rings. The van der Waals surface area contributed by atoms with Crippen molar-refractivity contribution >= 4 is 22.8 Å². The number of fused-ring (bicyclic) bond motifs is 1. The number of hydrogen-bond donors (Lipinski definition) is 2. The fourth-order valence-corrected chi connectivity index (χ4v) is 2.13. The van der Waals surface area contributed by atoms with Gasteiger partial charge in [-0.05, 0) is 44.5 Å². The van der Waals surface area contributed by atoms with Gasteiger partial charge in [0.2, 0.25) is 0 Å². The summed E-state index contributed by atoms with van der Waals surface area (Å²) < 4.78 is 13.5. The van der Waals surface area contributed by atoms with Crippen molar-refractivity contribution in [3.05, 3.63) is 41.3 Å². The number of benzene rings is 1. The van der Waals surface area contributed by atoms with Gasteiger partial charge in [-0.2, -0.15) is 0 Å². The van der Waals surface area contributed by atoms with Gasteiger partial charge >= 0.3 is 5.97 Å². The number of hydrogen-bond acceptors (Lipinski definition) is 3. The van der Waals surface area contributed by atoms with Gasteiger partial charge in [0.15, 0.2) is 0 Å². The molecule has 0 saturated heterocycles. The lowest BCUT2D eigenvalue weighted by molar-refractivity contribution is -0.143. The van der Waals surface area contributed by atoms with Crippen LogP contribution in [-0.4, -0.2) is 27.5 Å². The van der Waals surface area contributed by atoms with Crippen molar-refractivity contribution in [1.29, 1.82) is 0 Å². The fraction of sp³-hybridized carbons (Fsp3) is 0.312. The highest BCUT2D eigenvalue weighted by molar-refractivity contribution is 6.07. The zero-order valence-corrected chi connectivity index (χ0v) is 12.6. The number of carbonyl (C=O) groups excluding carboxylic acids is 1. The number of aromatic nitrogens is 1. The van der Waals surface area contributed by atoms with Gasteiger partial charge in [-0.25, -0.2) is 9.18 Å². The van der Waals surface area contributed by atoms with E-state index in [0.717, 1.165) is 0 Å². The highest BCUT2D eigenvalue weighted by Gasteiger charge is 2.33. The summed E-state index contributed by atoms with van der Waals surface area (Å²) in [6.45, 7) is 4.82. The van der Waals surface area contributed by atoms with E-state index in [0.29, 0.717) is 16.6 Å². The van der Waals surface area contributed by atoms with Crippen LogP contribution in [0.5, 0.6) is 0 Å². The van der Waals surface area contributed by atoms with Gasteiger partial charge in [0.25, 0.3) is 5.91 Å². The van der Waals surface area contributed by atoms with Crippen LogP contribution in [0.4, 0.5) is 4.39 Å². The maximum Gasteiger partial charge on any atom is 0.329 e. The largest absolute Gasteiger partial charge is 0.480 e. The Morgan fingerprint density at radius 3 is 2.64 bits per heavy atom. The number of aliphatic carboxylic acids is 1. The second-order valence-corrected chi connectivity index (χ2v) is 5.42. The second-order valence-electron chi connectivity index (χ2n) is 5.42. The molecule has 0 radical (unpaired) electrons. The molecule has 1 unspecified atom stereocenters. The zero-order valence-electron chi connectivity index (χ0n) is 12.6. The molecule has 116 valence electrons. The third-order valence-corrected chi connectivity index (χ3v) is 3.71. The van der Waals surface area contributed by atoms with Crippen molar-refractivity contribution in [2.75, 3.05) is 0 Å². The Labute approximate surface area is 127 Å². The molecule has 2 rings (SSSR count). The number of carbonyl (C=O) groups is 2. The minimum absolute atomic E-state index is 0.211. The number of rotatable bonds is 4. The smallest absolute Gasteiger partial charge is 0.329 e. The average Bonchev–Trinajstić information content (AvgIpc) is 2.46. The molecule has 1 atom stereocenters. The fourth-order valence-electron chi connectivity index (χ4n) is 2.13. The van der Waals surface area contributed by atoms with Crippen LogP contribution < -0.4 is 5.32 Å². The van der Waals surface area contributed by atoms with E-state index in [1.165, 1.54) is 31.2 Å². The van der Waals surface area contributed by atoms with Gasteiger partial charge in [0, 0.05) is 11.1 Å². The monoisotopic (exact) mass is 304 g/mol. The Bertz CT molecular complexity index is 760. The quantitative estimate of drug-likeness (QED) is 0.910. The molecule has 2 aromatic rings. The first-order valence-corrected chi connectivity index (χ1v) is 6.89. The first-order valence-electron chi connectivity index (χ1n) is 6.89. The highest BCUT2D eigenvalue weighted by atomic mass is 19.1. The van der Waals surface area contributed by atoms with Crippen LogP contribution in [0.1, 0.15) is 36.3 Å².